The van der Waals surface area contributed by atoms with E-state index in [1.54, 1.807) is 6.92 Å². The van der Waals surface area contributed by atoms with Crippen LogP contribution in [0.3, 0.4) is 0 Å². The maximum Gasteiger partial charge on any atom is 0.416 e. The smallest absolute Gasteiger partial charge is 0.305 e. The summed E-state index contributed by atoms with van der Waals surface area (Å²) >= 11 is 2.81. The molecule has 0 fully saturated rings. The van der Waals surface area contributed by atoms with E-state index in [0.29, 0.717) is 11.6 Å². The molecule has 0 aliphatic heterocycles. The zero-order valence-electron chi connectivity index (χ0n) is 11.5. The van der Waals surface area contributed by atoms with Gasteiger partial charge in [-0.25, -0.2) is 4.21 Å². The Labute approximate surface area is 127 Å². The summed E-state index contributed by atoms with van der Waals surface area (Å²) in [4.78, 5) is 11.3. The van der Waals surface area contributed by atoms with E-state index in [4.69, 9.17) is 11.6 Å². The topological polar surface area (TPSA) is 54.4 Å². The van der Waals surface area contributed by atoms with Gasteiger partial charge in [0.05, 0.1) is 10.3 Å². The average molecular weight is 343 g/mol. The van der Waals surface area contributed by atoms with Crippen molar-refractivity contribution in [2.24, 2.45) is 0 Å². The highest BCUT2D eigenvalue weighted by molar-refractivity contribution is 7.80. The summed E-state index contributed by atoms with van der Waals surface area (Å²) in [6.45, 7) is 4.11. The lowest BCUT2D eigenvalue weighted by Crippen LogP contribution is -2.28. The van der Waals surface area contributed by atoms with Crippen molar-refractivity contribution in [3.05, 3.63) is 34.4 Å². The highest BCUT2D eigenvalue weighted by Crippen LogP contribution is 2.40. The predicted molar refractivity (Wildman–Crippen MR) is 74.8 cm³/mol. The van der Waals surface area contributed by atoms with Gasteiger partial charge in [0.1, 0.15) is 0 Å². The second kappa shape index (κ2) is 6.06. The number of carbonyl (C=O) groups is 1. The summed E-state index contributed by atoms with van der Waals surface area (Å²) in [6, 6.07) is 1.78. The van der Waals surface area contributed by atoms with Gasteiger partial charge in [0.2, 0.25) is 0 Å². The van der Waals surface area contributed by atoms with Crippen LogP contribution in [0.4, 0.5) is 13.2 Å². The van der Waals surface area contributed by atoms with Crippen molar-refractivity contribution in [2.75, 3.05) is 0 Å². The van der Waals surface area contributed by atoms with E-state index >= 15 is 0 Å². The molecule has 3 nitrogen and oxygen atoms in total. The van der Waals surface area contributed by atoms with Gasteiger partial charge in [-0.05, 0) is 49.1 Å². The number of hydrogen-bond acceptors (Lipinski definition) is 2. The molecule has 1 aromatic rings. The van der Waals surface area contributed by atoms with Gasteiger partial charge in [-0.1, -0.05) is 13.0 Å². The molecule has 0 saturated heterocycles. The van der Waals surface area contributed by atoms with Crippen molar-refractivity contribution in [1.82, 2.24) is 0 Å². The first-order valence-corrected chi connectivity index (χ1v) is 7.46. The molecular weight excluding hydrogens is 329 g/mol. The van der Waals surface area contributed by atoms with E-state index in [9.17, 15) is 26.7 Å². The van der Waals surface area contributed by atoms with Crippen molar-refractivity contribution in [1.29, 1.82) is 0 Å². The Morgan fingerprint density at radius 1 is 1.29 bits per heavy atom. The van der Waals surface area contributed by atoms with E-state index < -0.39 is 32.8 Å². The van der Waals surface area contributed by atoms with Crippen LogP contribution in [0.25, 0.3) is 0 Å². The molecule has 8 heteroatoms. The first-order valence-electron chi connectivity index (χ1n) is 5.98. The third-order valence-electron chi connectivity index (χ3n) is 3.23. The molecule has 1 N–H and O–H groups in total. The number of rotatable bonds is 4. The maximum absolute atomic E-state index is 13.2. The van der Waals surface area contributed by atoms with Gasteiger partial charge < -0.3 is 4.55 Å². The lowest BCUT2D eigenvalue weighted by molar-refractivity contribution is -0.138. The summed E-state index contributed by atoms with van der Waals surface area (Å²) in [5.41, 5.74) is -1.41. The van der Waals surface area contributed by atoms with Gasteiger partial charge >= 0.3 is 6.18 Å². The summed E-state index contributed by atoms with van der Waals surface area (Å²) in [7, 11) is 0. The third kappa shape index (κ3) is 3.64. The SMILES string of the molecule is CCc1cc(C(C)(C)S(=O)O)c(C(F)(F)F)cc1C(=O)Cl. The summed E-state index contributed by atoms with van der Waals surface area (Å²) in [5, 5.41) is -0.994. The molecule has 0 radical (unpaired) electrons. The fourth-order valence-corrected chi connectivity index (χ4v) is 2.48. The van der Waals surface area contributed by atoms with Crippen molar-refractivity contribution in [3.8, 4) is 0 Å². The zero-order valence-corrected chi connectivity index (χ0v) is 13.1. The van der Waals surface area contributed by atoms with Crippen LogP contribution in [0.2, 0.25) is 0 Å². The van der Waals surface area contributed by atoms with E-state index in [0.717, 1.165) is 6.07 Å². The Balaban J connectivity index is 3.78. The Bertz CT molecular complexity index is 597. The fraction of sp³-hybridized carbons (Fsp3) is 0.462. The fourth-order valence-electron chi connectivity index (χ4n) is 1.95. The molecule has 1 aromatic carbocycles. The molecule has 1 rings (SSSR count). The number of benzene rings is 1. The number of hydrogen-bond donors (Lipinski definition) is 1. The van der Waals surface area contributed by atoms with Gasteiger partial charge in [-0.15, -0.1) is 0 Å². The van der Waals surface area contributed by atoms with Crippen LogP contribution in [0.1, 0.15) is 47.8 Å². The van der Waals surface area contributed by atoms with Gasteiger partial charge in [0, 0.05) is 5.56 Å². The number of alkyl halides is 3. The minimum absolute atomic E-state index is 0.241. The standard InChI is InChI=1S/C13H14ClF3O3S/c1-4-7-5-9(12(2,3)21(19)20)10(13(15,16)17)6-8(7)11(14)18/h5-6H,4H2,1-3H3,(H,19,20). The lowest BCUT2D eigenvalue weighted by atomic mass is 9.90. The minimum Gasteiger partial charge on any atom is -0.305 e. The van der Waals surface area contributed by atoms with Crippen LogP contribution >= 0.6 is 11.6 Å². The average Bonchev–Trinajstić information content (AvgIpc) is 2.35. The lowest BCUT2D eigenvalue weighted by Gasteiger charge is -2.26. The molecule has 0 aliphatic carbocycles. The molecule has 0 bridgehead atoms. The van der Waals surface area contributed by atoms with Crippen molar-refractivity contribution < 1.29 is 26.7 Å². The molecule has 0 spiro atoms. The summed E-state index contributed by atoms with van der Waals surface area (Å²) < 4.78 is 58.6. The van der Waals surface area contributed by atoms with Crippen molar-refractivity contribution in [3.63, 3.8) is 0 Å². The van der Waals surface area contributed by atoms with Gasteiger partial charge in [0.15, 0.2) is 11.1 Å². The molecule has 0 heterocycles. The molecule has 1 atom stereocenters. The van der Waals surface area contributed by atoms with E-state index in [1.807, 2.05) is 0 Å². The van der Waals surface area contributed by atoms with E-state index in [-0.39, 0.29) is 17.5 Å². The monoisotopic (exact) mass is 342 g/mol. The van der Waals surface area contributed by atoms with Crippen molar-refractivity contribution in [2.45, 2.75) is 38.1 Å². The summed E-state index contributed by atoms with van der Waals surface area (Å²) in [6.07, 6.45) is -4.49. The van der Waals surface area contributed by atoms with Crippen LogP contribution < -0.4 is 0 Å². The first-order chi connectivity index (χ1) is 9.42. The molecule has 0 aromatic heterocycles. The van der Waals surface area contributed by atoms with Crippen LogP contribution in [0, 0.1) is 0 Å². The Morgan fingerprint density at radius 2 is 1.81 bits per heavy atom. The summed E-state index contributed by atoms with van der Waals surface area (Å²) in [5.74, 6) is 0. The molecule has 118 valence electrons. The molecule has 1 unspecified atom stereocenters. The van der Waals surface area contributed by atoms with E-state index in [1.165, 1.54) is 13.8 Å². The molecule has 21 heavy (non-hydrogen) atoms. The van der Waals surface area contributed by atoms with Crippen LogP contribution in [-0.2, 0) is 28.4 Å². The maximum atomic E-state index is 13.2. The third-order valence-corrected chi connectivity index (χ3v) is 4.52. The van der Waals surface area contributed by atoms with Gasteiger partial charge in [-0.2, -0.15) is 13.2 Å². The van der Waals surface area contributed by atoms with Crippen molar-refractivity contribution >= 4 is 27.9 Å². The first kappa shape index (κ1) is 18.1. The molecule has 0 saturated carbocycles. The molecule has 0 amide bonds. The van der Waals surface area contributed by atoms with Crippen LogP contribution in [0.15, 0.2) is 12.1 Å². The number of carbonyl (C=O) groups excluding carboxylic acids is 1. The van der Waals surface area contributed by atoms with Gasteiger partial charge in [0.25, 0.3) is 5.24 Å². The van der Waals surface area contributed by atoms with Crippen LogP contribution in [0.5, 0.6) is 0 Å². The minimum atomic E-state index is -4.76. The predicted octanol–water partition coefficient (Wildman–Crippen LogP) is 4.10. The quantitative estimate of drug-likeness (QED) is 0.662. The Hall–Kier alpha value is -0.920. The molecule has 0 aliphatic rings. The molecular formula is C13H14ClF3O3S. The van der Waals surface area contributed by atoms with Gasteiger partial charge in [-0.3, -0.25) is 4.79 Å². The van der Waals surface area contributed by atoms with Crippen LogP contribution in [-0.4, -0.2) is 14.0 Å². The highest BCUT2D eigenvalue weighted by atomic mass is 35.5. The normalized spacial score (nSPS) is 14.1. The Morgan fingerprint density at radius 3 is 2.14 bits per heavy atom. The number of halogens is 4. The zero-order chi connectivity index (χ0) is 16.6. The second-order valence-corrected chi connectivity index (χ2v) is 6.80. The number of aryl methyl sites for hydroxylation is 1. The second-order valence-electron chi connectivity index (χ2n) is 4.94. The Kier molecular flexibility index (Phi) is 5.23. The highest BCUT2D eigenvalue weighted by Gasteiger charge is 2.41. The van der Waals surface area contributed by atoms with E-state index in [2.05, 4.69) is 0 Å². The largest absolute Gasteiger partial charge is 0.416 e.